The number of primary amides is 1. The van der Waals surface area contributed by atoms with Crippen LogP contribution in [0.2, 0.25) is 0 Å². The van der Waals surface area contributed by atoms with E-state index in [-0.39, 0.29) is 25.7 Å². The molecule has 0 bridgehead atoms. The molecule has 0 radical (unpaired) electrons. The lowest BCUT2D eigenvalue weighted by Crippen LogP contribution is -2.57. The Labute approximate surface area is 241 Å². The van der Waals surface area contributed by atoms with Crippen LogP contribution in [0.3, 0.4) is 0 Å². The van der Waals surface area contributed by atoms with E-state index in [2.05, 4.69) is 20.9 Å². The number of hydrogen-bond acceptors (Lipinski definition) is 8. The fourth-order valence-electron chi connectivity index (χ4n) is 3.98. The molecule has 0 saturated carbocycles. The largest absolute Gasteiger partial charge is 0.480 e. The number of nitrogens with two attached hydrogens (primary N) is 2. The SMILES string of the molecule is CSCCC(N)C(=O)NC(Cc1c[nH]c2ccccc12)C(=O)NC(CCC(N)=O)C(=O)NC(CCSC)C(=O)O. The summed E-state index contributed by atoms with van der Waals surface area (Å²) in [6, 6.07) is 3.09. The third-order valence-electron chi connectivity index (χ3n) is 6.24. The number of H-pyrrole nitrogens is 1. The first-order valence-electron chi connectivity index (χ1n) is 12.8. The van der Waals surface area contributed by atoms with E-state index in [1.807, 2.05) is 36.8 Å². The van der Waals surface area contributed by atoms with Crippen molar-refractivity contribution in [2.45, 2.75) is 56.3 Å². The zero-order chi connectivity index (χ0) is 29.7. The summed E-state index contributed by atoms with van der Waals surface area (Å²) in [5.41, 5.74) is 12.9. The van der Waals surface area contributed by atoms with Crippen LogP contribution in [-0.4, -0.2) is 87.9 Å². The molecule has 0 aliphatic heterocycles. The Hall–Kier alpha value is -3.23. The molecule has 4 amide bonds. The molecule has 4 unspecified atom stereocenters. The average molecular weight is 595 g/mol. The summed E-state index contributed by atoms with van der Waals surface area (Å²) in [5.74, 6) is -2.72. The number of thioether (sulfide) groups is 2. The molecular weight excluding hydrogens is 556 g/mol. The third-order valence-corrected chi connectivity index (χ3v) is 7.53. The van der Waals surface area contributed by atoms with Crippen molar-refractivity contribution >= 4 is 64.0 Å². The van der Waals surface area contributed by atoms with E-state index in [0.29, 0.717) is 17.9 Å². The van der Waals surface area contributed by atoms with Crippen molar-refractivity contribution in [3.05, 3.63) is 36.0 Å². The van der Waals surface area contributed by atoms with Gasteiger partial charge >= 0.3 is 5.97 Å². The van der Waals surface area contributed by atoms with Gasteiger partial charge in [0, 0.05) is 29.9 Å². The van der Waals surface area contributed by atoms with Crippen LogP contribution in [-0.2, 0) is 30.4 Å². The van der Waals surface area contributed by atoms with Crippen molar-refractivity contribution in [3.8, 4) is 0 Å². The Bertz CT molecular complexity index is 1180. The number of aliphatic carboxylic acids is 1. The number of benzene rings is 1. The molecule has 220 valence electrons. The highest BCUT2D eigenvalue weighted by Crippen LogP contribution is 2.19. The average Bonchev–Trinajstić information content (AvgIpc) is 3.33. The lowest BCUT2D eigenvalue weighted by molar-refractivity contribution is -0.142. The Morgan fingerprint density at radius 1 is 0.875 bits per heavy atom. The van der Waals surface area contributed by atoms with Gasteiger partial charge in [-0.25, -0.2) is 4.79 Å². The third kappa shape index (κ3) is 10.4. The predicted octanol–water partition coefficient (Wildman–Crippen LogP) is 0.348. The van der Waals surface area contributed by atoms with Crippen molar-refractivity contribution in [3.63, 3.8) is 0 Å². The first kappa shape index (κ1) is 33.0. The maximum Gasteiger partial charge on any atom is 0.326 e. The molecule has 9 N–H and O–H groups in total. The van der Waals surface area contributed by atoms with Crippen molar-refractivity contribution < 1.29 is 29.1 Å². The number of fused-ring (bicyclic) bond motifs is 1. The highest BCUT2D eigenvalue weighted by atomic mass is 32.2. The number of carboxylic acid groups (broad SMARTS) is 1. The molecule has 0 spiro atoms. The Balaban J connectivity index is 2.29. The van der Waals surface area contributed by atoms with Gasteiger partial charge in [0.15, 0.2) is 0 Å². The number of carboxylic acids is 1. The van der Waals surface area contributed by atoms with Crippen LogP contribution < -0.4 is 27.4 Å². The second-order valence-corrected chi connectivity index (χ2v) is 11.2. The van der Waals surface area contributed by atoms with Crippen LogP contribution in [0.1, 0.15) is 31.2 Å². The fourth-order valence-corrected chi connectivity index (χ4v) is 4.94. The van der Waals surface area contributed by atoms with Crippen LogP contribution >= 0.6 is 23.5 Å². The minimum Gasteiger partial charge on any atom is -0.480 e. The highest BCUT2D eigenvalue weighted by molar-refractivity contribution is 7.98. The van der Waals surface area contributed by atoms with Gasteiger partial charge in [0.1, 0.15) is 18.1 Å². The number of carbonyl (C=O) groups is 5. The smallest absolute Gasteiger partial charge is 0.326 e. The first-order chi connectivity index (χ1) is 19.1. The molecule has 2 rings (SSSR count). The van der Waals surface area contributed by atoms with Gasteiger partial charge in [0.25, 0.3) is 0 Å². The van der Waals surface area contributed by atoms with Gasteiger partial charge in [0.05, 0.1) is 6.04 Å². The van der Waals surface area contributed by atoms with Crippen LogP contribution in [0.5, 0.6) is 0 Å². The number of carbonyl (C=O) groups excluding carboxylic acids is 4. The first-order valence-corrected chi connectivity index (χ1v) is 15.6. The van der Waals surface area contributed by atoms with Crippen LogP contribution in [0.4, 0.5) is 0 Å². The molecule has 0 aliphatic rings. The van der Waals surface area contributed by atoms with Crippen molar-refractivity contribution in [1.29, 1.82) is 0 Å². The van der Waals surface area contributed by atoms with E-state index in [9.17, 15) is 29.1 Å². The van der Waals surface area contributed by atoms with E-state index >= 15 is 0 Å². The summed E-state index contributed by atoms with van der Waals surface area (Å²) in [5, 5.41) is 18.1. The monoisotopic (exact) mass is 594 g/mol. The standard InChI is InChI=1S/C26H38N6O6S2/c1-39-11-9-17(27)23(34)32-21(13-15-14-29-18-6-4-3-5-16(15)18)25(36)30-19(7-8-22(28)33)24(35)31-20(26(37)38)10-12-40-2/h3-6,14,17,19-21,29H,7-13,27H2,1-2H3,(H2,28,33)(H,30,36)(H,31,35)(H,32,34)(H,37,38). The van der Waals surface area contributed by atoms with Gasteiger partial charge in [-0.2, -0.15) is 23.5 Å². The van der Waals surface area contributed by atoms with E-state index in [0.717, 1.165) is 16.5 Å². The maximum atomic E-state index is 13.5. The summed E-state index contributed by atoms with van der Waals surface area (Å²) >= 11 is 2.97. The lowest BCUT2D eigenvalue weighted by atomic mass is 10.0. The molecular formula is C26H38N6O6S2. The number of aromatic amines is 1. The van der Waals surface area contributed by atoms with Gasteiger partial charge in [-0.3, -0.25) is 19.2 Å². The summed E-state index contributed by atoms with van der Waals surface area (Å²) in [7, 11) is 0. The Morgan fingerprint density at radius 2 is 1.48 bits per heavy atom. The quantitative estimate of drug-likeness (QED) is 0.127. The molecule has 1 heterocycles. The number of amides is 4. The lowest BCUT2D eigenvalue weighted by Gasteiger charge is -2.25. The van der Waals surface area contributed by atoms with Crippen molar-refractivity contribution in [1.82, 2.24) is 20.9 Å². The topological polar surface area (TPSA) is 209 Å². The number of para-hydroxylation sites is 1. The van der Waals surface area contributed by atoms with Gasteiger partial charge in [-0.1, -0.05) is 18.2 Å². The molecule has 14 heteroatoms. The van der Waals surface area contributed by atoms with Crippen LogP contribution in [0.25, 0.3) is 10.9 Å². The second-order valence-electron chi connectivity index (χ2n) is 9.26. The molecule has 1 aromatic heterocycles. The van der Waals surface area contributed by atoms with Gasteiger partial charge in [0.2, 0.25) is 23.6 Å². The highest BCUT2D eigenvalue weighted by Gasteiger charge is 2.31. The number of nitrogens with one attached hydrogen (secondary N) is 4. The minimum absolute atomic E-state index is 0.0897. The summed E-state index contributed by atoms with van der Waals surface area (Å²) in [4.78, 5) is 65.7. The van der Waals surface area contributed by atoms with E-state index < -0.39 is 53.8 Å². The molecule has 12 nitrogen and oxygen atoms in total. The zero-order valence-corrected chi connectivity index (χ0v) is 24.2. The Kier molecular flexibility index (Phi) is 13.8. The van der Waals surface area contributed by atoms with Crippen molar-refractivity contribution in [2.24, 2.45) is 11.5 Å². The van der Waals surface area contributed by atoms with E-state index in [1.54, 1.807) is 6.20 Å². The van der Waals surface area contributed by atoms with Gasteiger partial charge < -0.3 is 37.5 Å². The Morgan fingerprint density at radius 3 is 2.12 bits per heavy atom. The molecule has 2 aromatic rings. The van der Waals surface area contributed by atoms with Crippen molar-refractivity contribution in [2.75, 3.05) is 24.0 Å². The van der Waals surface area contributed by atoms with Crippen LogP contribution in [0, 0.1) is 0 Å². The fraction of sp³-hybridized carbons (Fsp3) is 0.500. The predicted molar refractivity (Wildman–Crippen MR) is 158 cm³/mol. The molecule has 40 heavy (non-hydrogen) atoms. The summed E-state index contributed by atoms with van der Waals surface area (Å²) < 4.78 is 0. The minimum atomic E-state index is -1.26. The molecule has 0 saturated heterocycles. The summed E-state index contributed by atoms with van der Waals surface area (Å²) in [6.45, 7) is 0. The van der Waals surface area contributed by atoms with Gasteiger partial charge in [-0.15, -0.1) is 0 Å². The number of aromatic nitrogens is 1. The molecule has 4 atom stereocenters. The van der Waals surface area contributed by atoms with E-state index in [4.69, 9.17) is 11.5 Å². The van der Waals surface area contributed by atoms with Gasteiger partial charge in [-0.05, 0) is 54.9 Å². The molecule has 0 aliphatic carbocycles. The molecule has 0 fully saturated rings. The van der Waals surface area contributed by atoms with Crippen LogP contribution in [0.15, 0.2) is 30.5 Å². The normalized spacial score (nSPS) is 14.1. The summed E-state index contributed by atoms with van der Waals surface area (Å²) in [6.07, 6.45) is 5.74. The molecule has 1 aromatic carbocycles. The number of rotatable bonds is 18. The second kappa shape index (κ2) is 16.8. The van der Waals surface area contributed by atoms with E-state index in [1.165, 1.54) is 23.5 Å². The number of hydrogen-bond donors (Lipinski definition) is 7. The zero-order valence-electron chi connectivity index (χ0n) is 22.6. The maximum absolute atomic E-state index is 13.5.